The molecule has 1 aliphatic rings. The van der Waals surface area contributed by atoms with Gasteiger partial charge in [-0.15, -0.1) is 0 Å². The van der Waals surface area contributed by atoms with Crippen LogP contribution < -0.4 is 0 Å². The smallest absolute Gasteiger partial charge is 0.313 e. The van der Waals surface area contributed by atoms with Crippen LogP contribution in [0, 0.1) is 5.41 Å². The summed E-state index contributed by atoms with van der Waals surface area (Å²) in [5.41, 5.74) is -0.765. The molecule has 0 amide bonds. The third-order valence-electron chi connectivity index (χ3n) is 1.82. The first kappa shape index (κ1) is 8.34. The predicted octanol–water partition coefficient (Wildman–Crippen LogP) is 2.16. The second kappa shape index (κ2) is 2.70. The number of hydrogen-bond donors (Lipinski definition) is 1. The Bertz CT molecular complexity index is 242. The van der Waals surface area contributed by atoms with Crippen molar-refractivity contribution in [2.24, 2.45) is 5.41 Å². The van der Waals surface area contributed by atoms with Gasteiger partial charge in [0.25, 0.3) is 0 Å². The Hall–Kier alpha value is -0.760. The Kier molecular flexibility index (Phi) is 2.05. The molecule has 0 radical (unpaired) electrons. The molecule has 0 saturated carbocycles. The number of allylic oxidation sites excluding steroid dienone is 3. The van der Waals surface area contributed by atoms with Gasteiger partial charge in [-0.25, -0.2) is 0 Å². The van der Waals surface area contributed by atoms with Gasteiger partial charge in [-0.05, 0) is 19.4 Å². The van der Waals surface area contributed by atoms with Gasteiger partial charge in [0.15, 0.2) is 0 Å². The van der Waals surface area contributed by atoms with Crippen molar-refractivity contribution in [3.05, 3.63) is 23.3 Å². The molecule has 0 aromatic rings. The molecule has 2 nitrogen and oxygen atoms in total. The Labute approximate surface area is 70.2 Å². The Balaban J connectivity index is 2.82. The van der Waals surface area contributed by atoms with E-state index >= 15 is 0 Å². The largest absolute Gasteiger partial charge is 0.481 e. The monoisotopic (exact) mass is 172 g/mol. The second-order valence-corrected chi connectivity index (χ2v) is 3.29. The molecule has 1 rings (SSSR count). The summed E-state index contributed by atoms with van der Waals surface area (Å²) < 4.78 is 0. The second-order valence-electron chi connectivity index (χ2n) is 2.85. The minimum absolute atomic E-state index is 0.470. The molecule has 1 unspecified atom stereocenters. The van der Waals surface area contributed by atoms with Crippen LogP contribution in [-0.4, -0.2) is 11.1 Å². The lowest BCUT2D eigenvalue weighted by Crippen LogP contribution is -2.25. The number of carboxylic acids is 1. The van der Waals surface area contributed by atoms with Gasteiger partial charge < -0.3 is 5.11 Å². The Morgan fingerprint density at radius 1 is 1.82 bits per heavy atom. The molecule has 1 N–H and O–H groups in total. The van der Waals surface area contributed by atoms with Gasteiger partial charge in [0, 0.05) is 5.03 Å². The zero-order valence-corrected chi connectivity index (χ0v) is 6.93. The van der Waals surface area contributed by atoms with Crippen LogP contribution >= 0.6 is 11.6 Å². The summed E-state index contributed by atoms with van der Waals surface area (Å²) in [6, 6.07) is 0. The maximum atomic E-state index is 10.7. The van der Waals surface area contributed by atoms with Crippen LogP contribution in [0.15, 0.2) is 23.3 Å². The topological polar surface area (TPSA) is 37.3 Å². The van der Waals surface area contributed by atoms with Crippen LogP contribution in [0.5, 0.6) is 0 Å². The average molecular weight is 173 g/mol. The molecule has 60 valence electrons. The number of hydrogen-bond acceptors (Lipinski definition) is 1. The number of carboxylic acid groups (broad SMARTS) is 1. The van der Waals surface area contributed by atoms with Crippen molar-refractivity contribution in [2.75, 3.05) is 0 Å². The van der Waals surface area contributed by atoms with Crippen LogP contribution in [-0.2, 0) is 4.79 Å². The van der Waals surface area contributed by atoms with Crippen molar-refractivity contribution in [3.63, 3.8) is 0 Å². The normalized spacial score (nSPS) is 29.8. The van der Waals surface area contributed by atoms with E-state index < -0.39 is 11.4 Å². The molecule has 3 heteroatoms. The Morgan fingerprint density at radius 3 is 2.82 bits per heavy atom. The quantitative estimate of drug-likeness (QED) is 0.658. The number of aliphatic carboxylic acids is 1. The standard InChI is InChI=1S/C8H9ClO2/c1-8(7(10)11)4-2-6(9)3-5-8/h2-4H,5H2,1H3,(H,10,11). The average Bonchev–Trinajstić information content (AvgIpc) is 1.95. The number of carbonyl (C=O) groups is 1. The van der Waals surface area contributed by atoms with Crippen LogP contribution in [0.3, 0.4) is 0 Å². The number of halogens is 1. The van der Waals surface area contributed by atoms with E-state index in [1.165, 1.54) is 0 Å². The van der Waals surface area contributed by atoms with Crippen molar-refractivity contribution in [1.82, 2.24) is 0 Å². The molecule has 1 aliphatic carbocycles. The third kappa shape index (κ3) is 1.63. The molecule has 1 atom stereocenters. The summed E-state index contributed by atoms with van der Waals surface area (Å²) >= 11 is 5.63. The van der Waals surface area contributed by atoms with Gasteiger partial charge >= 0.3 is 5.97 Å². The van der Waals surface area contributed by atoms with Crippen LogP contribution in [0.1, 0.15) is 13.3 Å². The molecular formula is C8H9ClO2. The van der Waals surface area contributed by atoms with Gasteiger partial charge in [0.1, 0.15) is 0 Å². The van der Waals surface area contributed by atoms with Crippen molar-refractivity contribution < 1.29 is 9.90 Å². The summed E-state index contributed by atoms with van der Waals surface area (Å²) in [6.07, 6.45) is 5.43. The van der Waals surface area contributed by atoms with E-state index in [4.69, 9.17) is 16.7 Å². The summed E-state index contributed by atoms with van der Waals surface area (Å²) in [6.45, 7) is 1.67. The zero-order valence-electron chi connectivity index (χ0n) is 6.17. The molecule has 0 bridgehead atoms. The Morgan fingerprint density at radius 2 is 2.45 bits per heavy atom. The molecule has 0 saturated heterocycles. The van der Waals surface area contributed by atoms with Crippen molar-refractivity contribution in [3.8, 4) is 0 Å². The summed E-state index contributed by atoms with van der Waals surface area (Å²) in [5.74, 6) is -0.811. The fourth-order valence-corrected chi connectivity index (χ4v) is 1.01. The van der Waals surface area contributed by atoms with Crippen molar-refractivity contribution >= 4 is 17.6 Å². The SMILES string of the molecule is CC1(C(=O)O)C=CC(Cl)=CC1. The highest BCUT2D eigenvalue weighted by molar-refractivity contribution is 6.31. The molecule has 0 heterocycles. The molecule has 0 aliphatic heterocycles. The van der Waals surface area contributed by atoms with Crippen LogP contribution in [0.2, 0.25) is 0 Å². The van der Waals surface area contributed by atoms with Gasteiger partial charge in [-0.1, -0.05) is 23.8 Å². The lowest BCUT2D eigenvalue weighted by atomic mass is 9.84. The third-order valence-corrected chi connectivity index (χ3v) is 2.10. The van der Waals surface area contributed by atoms with E-state index in [-0.39, 0.29) is 0 Å². The first-order chi connectivity index (χ1) is 5.04. The molecule has 0 aromatic carbocycles. The van der Waals surface area contributed by atoms with E-state index in [9.17, 15) is 4.79 Å². The van der Waals surface area contributed by atoms with Gasteiger partial charge in [-0.3, -0.25) is 4.79 Å². The van der Waals surface area contributed by atoms with Crippen molar-refractivity contribution in [2.45, 2.75) is 13.3 Å². The summed E-state index contributed by atoms with van der Waals surface area (Å²) in [5, 5.41) is 9.37. The van der Waals surface area contributed by atoms with Crippen molar-refractivity contribution in [1.29, 1.82) is 0 Å². The van der Waals surface area contributed by atoms with Gasteiger partial charge in [0.05, 0.1) is 5.41 Å². The summed E-state index contributed by atoms with van der Waals surface area (Å²) in [4.78, 5) is 10.7. The first-order valence-corrected chi connectivity index (χ1v) is 3.71. The van der Waals surface area contributed by atoms with E-state index in [1.54, 1.807) is 25.2 Å². The summed E-state index contributed by atoms with van der Waals surface area (Å²) in [7, 11) is 0. The number of rotatable bonds is 1. The van der Waals surface area contributed by atoms with E-state index in [0.29, 0.717) is 11.5 Å². The van der Waals surface area contributed by atoms with Gasteiger partial charge in [0.2, 0.25) is 0 Å². The highest BCUT2D eigenvalue weighted by Crippen LogP contribution is 2.30. The van der Waals surface area contributed by atoms with Crippen LogP contribution in [0.4, 0.5) is 0 Å². The van der Waals surface area contributed by atoms with E-state index in [1.807, 2.05) is 0 Å². The lowest BCUT2D eigenvalue weighted by molar-refractivity contribution is -0.145. The fourth-order valence-electron chi connectivity index (χ4n) is 0.868. The lowest BCUT2D eigenvalue weighted by Gasteiger charge is -2.21. The maximum absolute atomic E-state index is 10.7. The van der Waals surface area contributed by atoms with E-state index in [2.05, 4.69) is 0 Å². The minimum Gasteiger partial charge on any atom is -0.481 e. The van der Waals surface area contributed by atoms with Crippen LogP contribution in [0.25, 0.3) is 0 Å². The first-order valence-electron chi connectivity index (χ1n) is 3.33. The predicted molar refractivity (Wildman–Crippen MR) is 43.4 cm³/mol. The van der Waals surface area contributed by atoms with E-state index in [0.717, 1.165) is 0 Å². The molecule has 0 spiro atoms. The maximum Gasteiger partial charge on any atom is 0.313 e. The zero-order chi connectivity index (χ0) is 8.48. The highest BCUT2D eigenvalue weighted by Gasteiger charge is 2.30. The van der Waals surface area contributed by atoms with Gasteiger partial charge in [-0.2, -0.15) is 0 Å². The molecule has 0 fully saturated rings. The highest BCUT2D eigenvalue weighted by atomic mass is 35.5. The molecular weight excluding hydrogens is 164 g/mol. The fraction of sp³-hybridized carbons (Fsp3) is 0.375. The molecule has 0 aromatic heterocycles. The molecule has 11 heavy (non-hydrogen) atoms. The minimum atomic E-state index is -0.811.